The van der Waals surface area contributed by atoms with Gasteiger partial charge < -0.3 is 4.57 Å². The predicted molar refractivity (Wildman–Crippen MR) is 254 cm³/mol. The van der Waals surface area contributed by atoms with E-state index in [0.29, 0.717) is 17.5 Å². The molecule has 0 aliphatic heterocycles. The van der Waals surface area contributed by atoms with E-state index >= 15 is 0 Å². The van der Waals surface area contributed by atoms with Crippen LogP contribution >= 0.6 is 0 Å². The van der Waals surface area contributed by atoms with E-state index in [0.717, 1.165) is 75.8 Å². The number of rotatable bonds is 8. The third-order valence-electron chi connectivity index (χ3n) is 11.9. The minimum atomic E-state index is 0.649. The van der Waals surface area contributed by atoms with Crippen LogP contribution < -0.4 is 0 Å². The molecule has 9 aromatic rings. The largest absolute Gasteiger partial charge is 0.308 e. The van der Waals surface area contributed by atoms with Gasteiger partial charge in [0.05, 0.1) is 16.7 Å². The Morgan fingerprint density at radius 3 is 1.33 bits per heavy atom. The number of aromatic nitrogens is 4. The molecule has 0 saturated heterocycles. The van der Waals surface area contributed by atoms with Crippen LogP contribution in [0.5, 0.6) is 0 Å². The molecule has 0 N–H and O–H groups in total. The molecule has 0 fully saturated rings. The van der Waals surface area contributed by atoms with E-state index in [-0.39, 0.29) is 0 Å². The van der Waals surface area contributed by atoms with E-state index in [2.05, 4.69) is 193 Å². The Morgan fingerprint density at radius 1 is 0.344 bits per heavy atom. The number of benzene rings is 7. The summed E-state index contributed by atoms with van der Waals surface area (Å²) >= 11 is 0. The molecule has 4 nitrogen and oxygen atoms in total. The van der Waals surface area contributed by atoms with Crippen molar-refractivity contribution in [3.8, 4) is 61.8 Å². The highest BCUT2D eigenvalue weighted by Crippen LogP contribution is 2.44. The van der Waals surface area contributed by atoms with Gasteiger partial charge in [-0.1, -0.05) is 170 Å². The maximum Gasteiger partial charge on any atom is 0.164 e. The minimum absolute atomic E-state index is 0.649. The van der Waals surface area contributed by atoms with Crippen molar-refractivity contribution >= 4 is 33.0 Å². The van der Waals surface area contributed by atoms with Gasteiger partial charge in [0.25, 0.3) is 0 Å². The zero-order valence-electron chi connectivity index (χ0n) is 33.7. The lowest BCUT2D eigenvalue weighted by atomic mass is 9.90. The fourth-order valence-corrected chi connectivity index (χ4v) is 8.89. The number of hydrogen-bond donors (Lipinski definition) is 0. The Labute approximate surface area is 356 Å². The van der Waals surface area contributed by atoms with Gasteiger partial charge in [-0.05, 0) is 95.5 Å². The lowest BCUT2D eigenvalue weighted by molar-refractivity contribution is 1.01. The van der Waals surface area contributed by atoms with Crippen LogP contribution in [-0.2, 0) is 0 Å². The van der Waals surface area contributed by atoms with Crippen LogP contribution in [0.2, 0.25) is 0 Å². The zero-order chi connectivity index (χ0) is 40.5. The summed E-state index contributed by atoms with van der Waals surface area (Å²) in [4.78, 5) is 15.6. The Kier molecular flexibility index (Phi) is 9.44. The van der Waals surface area contributed by atoms with Crippen LogP contribution in [0.1, 0.15) is 37.1 Å². The van der Waals surface area contributed by atoms with Crippen molar-refractivity contribution in [2.24, 2.45) is 0 Å². The SMILES string of the molecule is C1=CC(c2nc(-c3ccccc3)nc(-c3cc(C4=CCCC=C4)c(-n4c5ccc(-c6ccccc6)cc5c5cc(-c6ccccc6)ccc54)c(-c4ccccc4)c3)n2)=CCC1. The first-order valence-corrected chi connectivity index (χ1v) is 21.2. The third kappa shape index (κ3) is 6.92. The molecule has 290 valence electrons. The molecule has 11 rings (SSSR count). The third-order valence-corrected chi connectivity index (χ3v) is 11.9. The molecule has 0 radical (unpaired) electrons. The lowest BCUT2D eigenvalue weighted by Crippen LogP contribution is -2.06. The quantitative estimate of drug-likeness (QED) is 0.154. The molecule has 0 bridgehead atoms. The highest BCUT2D eigenvalue weighted by molar-refractivity contribution is 6.13. The molecule has 2 aliphatic carbocycles. The molecule has 2 aromatic heterocycles. The molecule has 0 unspecified atom stereocenters. The molecule has 7 aromatic carbocycles. The monoisotopic (exact) mass is 782 g/mol. The molecule has 4 heteroatoms. The molecular formula is C57H42N4. The van der Waals surface area contributed by atoms with Gasteiger partial charge >= 0.3 is 0 Å². The van der Waals surface area contributed by atoms with Crippen molar-refractivity contribution in [3.63, 3.8) is 0 Å². The average molecular weight is 783 g/mol. The average Bonchev–Trinajstić information content (AvgIpc) is 3.67. The summed E-state index contributed by atoms with van der Waals surface area (Å²) in [5.41, 5.74) is 15.7. The van der Waals surface area contributed by atoms with Crippen molar-refractivity contribution in [1.82, 2.24) is 19.5 Å². The van der Waals surface area contributed by atoms with Crippen LogP contribution in [0.25, 0.3) is 94.8 Å². The molecule has 0 saturated carbocycles. The van der Waals surface area contributed by atoms with E-state index in [4.69, 9.17) is 15.0 Å². The topological polar surface area (TPSA) is 43.6 Å². The van der Waals surface area contributed by atoms with Gasteiger partial charge in [-0.2, -0.15) is 0 Å². The molecule has 2 heterocycles. The fraction of sp³-hybridized carbons (Fsp3) is 0.0702. The van der Waals surface area contributed by atoms with Gasteiger partial charge in [0, 0.05) is 38.6 Å². The molecule has 2 aliphatic rings. The van der Waals surface area contributed by atoms with Crippen molar-refractivity contribution < 1.29 is 0 Å². The number of fused-ring (bicyclic) bond motifs is 3. The second-order valence-corrected chi connectivity index (χ2v) is 15.8. The maximum absolute atomic E-state index is 5.26. The van der Waals surface area contributed by atoms with Gasteiger partial charge in [-0.3, -0.25) is 0 Å². The Hall–Kier alpha value is -7.69. The van der Waals surface area contributed by atoms with E-state index in [1.54, 1.807) is 0 Å². The van der Waals surface area contributed by atoms with E-state index < -0.39 is 0 Å². The summed E-state index contributed by atoms with van der Waals surface area (Å²) in [6, 6.07) is 61.0. The summed E-state index contributed by atoms with van der Waals surface area (Å²) in [6.45, 7) is 0. The van der Waals surface area contributed by atoms with Crippen molar-refractivity contribution in [1.29, 1.82) is 0 Å². The Morgan fingerprint density at radius 2 is 0.803 bits per heavy atom. The van der Waals surface area contributed by atoms with Crippen molar-refractivity contribution in [2.75, 3.05) is 0 Å². The second-order valence-electron chi connectivity index (χ2n) is 15.8. The van der Waals surface area contributed by atoms with Crippen LogP contribution in [0.4, 0.5) is 0 Å². The van der Waals surface area contributed by atoms with Crippen LogP contribution in [0.3, 0.4) is 0 Å². The standard InChI is InChI=1S/C57H42N4/c1-7-19-39(20-8-1)45-31-33-52-50(35-45)51-36-46(40-21-9-2-10-22-40)32-34-53(51)61(52)54-48(41-23-11-3-12-24-41)37-47(38-49(54)42-25-13-4-14-26-42)57-59-55(43-27-15-5-16-28-43)58-56(60-57)44-29-17-6-18-30-44/h1-3,5,7-13,15-17,19-38H,4,6,14,18H2. The van der Waals surface area contributed by atoms with E-state index in [9.17, 15) is 0 Å². The smallest absolute Gasteiger partial charge is 0.164 e. The van der Waals surface area contributed by atoms with Crippen LogP contribution in [0.15, 0.2) is 206 Å². The summed E-state index contributed by atoms with van der Waals surface area (Å²) in [5.74, 6) is 2.00. The second kappa shape index (κ2) is 15.8. The maximum atomic E-state index is 5.26. The summed E-state index contributed by atoms with van der Waals surface area (Å²) < 4.78 is 2.50. The van der Waals surface area contributed by atoms with Gasteiger partial charge in [0.2, 0.25) is 0 Å². The Balaban J connectivity index is 1.23. The Bertz CT molecular complexity index is 3110. The molecule has 61 heavy (non-hydrogen) atoms. The van der Waals surface area contributed by atoms with Crippen molar-refractivity contribution in [2.45, 2.75) is 25.7 Å². The highest BCUT2D eigenvalue weighted by atomic mass is 15.0. The predicted octanol–water partition coefficient (Wildman–Crippen LogP) is 14.8. The van der Waals surface area contributed by atoms with Gasteiger partial charge in [0.1, 0.15) is 0 Å². The number of nitrogens with zero attached hydrogens (tertiary/aromatic N) is 4. The van der Waals surface area contributed by atoms with Crippen molar-refractivity contribution in [3.05, 3.63) is 218 Å². The van der Waals surface area contributed by atoms with Gasteiger partial charge in [0.15, 0.2) is 17.5 Å². The normalized spacial score (nSPS) is 13.7. The number of allylic oxidation sites excluding steroid dienone is 8. The first kappa shape index (κ1) is 36.4. The molecular weight excluding hydrogens is 741 g/mol. The summed E-state index contributed by atoms with van der Waals surface area (Å²) in [7, 11) is 0. The number of hydrogen-bond acceptors (Lipinski definition) is 3. The first-order valence-electron chi connectivity index (χ1n) is 21.2. The first-order chi connectivity index (χ1) is 30.2. The van der Waals surface area contributed by atoms with E-state index in [1.807, 2.05) is 18.2 Å². The lowest BCUT2D eigenvalue weighted by Gasteiger charge is -2.22. The fourth-order valence-electron chi connectivity index (χ4n) is 8.89. The highest BCUT2D eigenvalue weighted by Gasteiger charge is 2.24. The molecule has 0 spiro atoms. The summed E-state index contributed by atoms with van der Waals surface area (Å²) in [6.07, 6.45) is 17.5. The van der Waals surface area contributed by atoms with Gasteiger partial charge in [-0.15, -0.1) is 0 Å². The molecule has 0 atom stereocenters. The minimum Gasteiger partial charge on any atom is -0.308 e. The van der Waals surface area contributed by atoms with Crippen LogP contribution in [0, 0.1) is 0 Å². The summed E-state index contributed by atoms with van der Waals surface area (Å²) in [5, 5.41) is 2.42. The van der Waals surface area contributed by atoms with Crippen LogP contribution in [-0.4, -0.2) is 19.5 Å². The van der Waals surface area contributed by atoms with E-state index in [1.165, 1.54) is 38.6 Å². The molecule has 0 amide bonds. The zero-order valence-corrected chi connectivity index (χ0v) is 33.7. The van der Waals surface area contributed by atoms with Gasteiger partial charge in [-0.25, -0.2) is 15.0 Å².